The van der Waals surface area contributed by atoms with E-state index >= 15 is 0 Å². The van der Waals surface area contributed by atoms with Gasteiger partial charge in [-0.2, -0.15) is 0 Å². The van der Waals surface area contributed by atoms with Gasteiger partial charge in [0.1, 0.15) is 0 Å². The van der Waals surface area contributed by atoms with E-state index in [1.165, 1.54) is 11.3 Å². The maximum atomic E-state index is 12.1. The molecule has 0 saturated carbocycles. The summed E-state index contributed by atoms with van der Waals surface area (Å²) in [6.45, 7) is 3.20. The van der Waals surface area contributed by atoms with Crippen molar-refractivity contribution >= 4 is 34.5 Å². The third kappa shape index (κ3) is 3.91. The number of hydrogen-bond donors (Lipinski definition) is 1. The standard InChI is InChI=1S/C14H16N2O2S2/c1-2-16(10-11-5-3-7-19-11)13(17)9-15-14(18)12-6-4-8-20-12/h3-8H,2,9-10H2,1H3,(H,15,18). The molecule has 0 saturated heterocycles. The Morgan fingerprint density at radius 3 is 2.55 bits per heavy atom. The van der Waals surface area contributed by atoms with E-state index in [0.29, 0.717) is 18.0 Å². The minimum absolute atomic E-state index is 0.0376. The fourth-order valence-corrected chi connectivity index (χ4v) is 3.09. The van der Waals surface area contributed by atoms with Crippen molar-refractivity contribution in [2.45, 2.75) is 13.5 Å². The molecule has 20 heavy (non-hydrogen) atoms. The summed E-state index contributed by atoms with van der Waals surface area (Å²) in [4.78, 5) is 27.4. The predicted octanol–water partition coefficient (Wildman–Crippen LogP) is 2.59. The number of rotatable bonds is 6. The van der Waals surface area contributed by atoms with Gasteiger partial charge in [0, 0.05) is 11.4 Å². The molecule has 1 N–H and O–H groups in total. The van der Waals surface area contributed by atoms with Crippen molar-refractivity contribution in [2.24, 2.45) is 0 Å². The van der Waals surface area contributed by atoms with E-state index < -0.39 is 0 Å². The first-order chi connectivity index (χ1) is 9.70. The van der Waals surface area contributed by atoms with E-state index in [9.17, 15) is 9.59 Å². The number of nitrogens with zero attached hydrogens (tertiary/aromatic N) is 1. The molecule has 2 heterocycles. The highest BCUT2D eigenvalue weighted by molar-refractivity contribution is 7.12. The number of amides is 2. The molecule has 0 unspecified atom stereocenters. The van der Waals surface area contributed by atoms with Gasteiger partial charge in [0.25, 0.3) is 5.91 Å². The minimum Gasteiger partial charge on any atom is -0.342 e. The number of carbonyl (C=O) groups excluding carboxylic acids is 2. The fourth-order valence-electron chi connectivity index (χ4n) is 1.73. The van der Waals surface area contributed by atoms with Crippen LogP contribution in [0, 0.1) is 0 Å². The average Bonchev–Trinajstić information content (AvgIpc) is 3.14. The van der Waals surface area contributed by atoms with Gasteiger partial charge in [-0.1, -0.05) is 12.1 Å². The Hall–Kier alpha value is -1.66. The first-order valence-corrected chi connectivity index (χ1v) is 8.08. The van der Waals surface area contributed by atoms with Gasteiger partial charge in [0.15, 0.2) is 0 Å². The normalized spacial score (nSPS) is 10.2. The Morgan fingerprint density at radius 2 is 1.95 bits per heavy atom. The summed E-state index contributed by atoms with van der Waals surface area (Å²) in [5, 5.41) is 6.49. The van der Waals surface area contributed by atoms with Crippen molar-refractivity contribution in [3.8, 4) is 0 Å². The second-order valence-corrected chi connectivity index (χ2v) is 6.13. The second kappa shape index (κ2) is 7.21. The van der Waals surface area contributed by atoms with E-state index in [2.05, 4.69) is 5.32 Å². The molecule has 2 rings (SSSR count). The van der Waals surface area contributed by atoms with Crippen LogP contribution in [0.5, 0.6) is 0 Å². The van der Waals surface area contributed by atoms with E-state index in [1.54, 1.807) is 22.3 Å². The molecule has 0 aliphatic heterocycles. The molecule has 106 valence electrons. The smallest absolute Gasteiger partial charge is 0.261 e. The highest BCUT2D eigenvalue weighted by Gasteiger charge is 2.14. The quantitative estimate of drug-likeness (QED) is 0.891. The lowest BCUT2D eigenvalue weighted by molar-refractivity contribution is -0.130. The molecule has 0 atom stereocenters. The first-order valence-electron chi connectivity index (χ1n) is 6.32. The summed E-state index contributed by atoms with van der Waals surface area (Å²) >= 11 is 2.99. The van der Waals surface area contributed by atoms with E-state index in [4.69, 9.17) is 0 Å². The Balaban J connectivity index is 1.85. The van der Waals surface area contributed by atoms with Gasteiger partial charge in [0.05, 0.1) is 18.0 Å². The predicted molar refractivity (Wildman–Crippen MR) is 82.1 cm³/mol. The number of likely N-dealkylation sites (N-methyl/N-ethyl adjacent to an activating group) is 1. The van der Waals surface area contributed by atoms with Crippen molar-refractivity contribution < 1.29 is 9.59 Å². The largest absolute Gasteiger partial charge is 0.342 e. The van der Waals surface area contributed by atoms with Gasteiger partial charge in [-0.3, -0.25) is 9.59 Å². The molecular formula is C14H16N2O2S2. The van der Waals surface area contributed by atoms with Gasteiger partial charge in [-0.05, 0) is 29.8 Å². The van der Waals surface area contributed by atoms with E-state index in [-0.39, 0.29) is 18.4 Å². The second-order valence-electron chi connectivity index (χ2n) is 4.15. The van der Waals surface area contributed by atoms with E-state index in [1.807, 2.05) is 35.9 Å². The molecule has 0 aromatic carbocycles. The Labute approximate surface area is 126 Å². The zero-order chi connectivity index (χ0) is 14.4. The zero-order valence-electron chi connectivity index (χ0n) is 11.2. The molecule has 0 aliphatic rings. The van der Waals surface area contributed by atoms with Gasteiger partial charge < -0.3 is 10.2 Å². The summed E-state index contributed by atoms with van der Waals surface area (Å²) in [6, 6.07) is 7.53. The molecule has 0 bridgehead atoms. The van der Waals surface area contributed by atoms with Crippen LogP contribution in [0.2, 0.25) is 0 Å². The van der Waals surface area contributed by atoms with Gasteiger partial charge >= 0.3 is 0 Å². The third-order valence-electron chi connectivity index (χ3n) is 2.81. The molecule has 0 aliphatic carbocycles. The number of carbonyl (C=O) groups is 2. The van der Waals surface area contributed by atoms with Crippen molar-refractivity contribution in [2.75, 3.05) is 13.1 Å². The van der Waals surface area contributed by atoms with E-state index in [0.717, 1.165) is 4.88 Å². The van der Waals surface area contributed by atoms with Crippen LogP contribution in [0.4, 0.5) is 0 Å². The SMILES string of the molecule is CCN(Cc1cccs1)C(=O)CNC(=O)c1cccs1. The van der Waals surface area contributed by atoms with Crippen LogP contribution >= 0.6 is 22.7 Å². The summed E-state index contributed by atoms with van der Waals surface area (Å²) in [5.41, 5.74) is 0. The molecule has 4 nitrogen and oxygen atoms in total. The van der Waals surface area contributed by atoms with Crippen LogP contribution in [0.3, 0.4) is 0 Å². The molecule has 2 amide bonds. The Kier molecular flexibility index (Phi) is 5.31. The van der Waals surface area contributed by atoms with Crippen LogP contribution in [-0.4, -0.2) is 29.8 Å². The van der Waals surface area contributed by atoms with Gasteiger partial charge in [-0.25, -0.2) is 0 Å². The highest BCUT2D eigenvalue weighted by atomic mass is 32.1. The maximum Gasteiger partial charge on any atom is 0.261 e. The molecule has 2 aromatic rings. The van der Waals surface area contributed by atoms with Crippen molar-refractivity contribution in [3.05, 3.63) is 44.8 Å². The van der Waals surface area contributed by atoms with Crippen LogP contribution in [-0.2, 0) is 11.3 Å². The van der Waals surface area contributed by atoms with Crippen molar-refractivity contribution in [1.29, 1.82) is 0 Å². The average molecular weight is 308 g/mol. The number of thiophene rings is 2. The fraction of sp³-hybridized carbons (Fsp3) is 0.286. The van der Waals surface area contributed by atoms with Crippen LogP contribution < -0.4 is 5.32 Å². The lowest BCUT2D eigenvalue weighted by atomic mass is 10.3. The zero-order valence-corrected chi connectivity index (χ0v) is 12.8. The monoisotopic (exact) mass is 308 g/mol. The molecule has 0 fully saturated rings. The molecule has 0 radical (unpaired) electrons. The lowest BCUT2D eigenvalue weighted by Crippen LogP contribution is -2.39. The van der Waals surface area contributed by atoms with Crippen molar-refractivity contribution in [1.82, 2.24) is 10.2 Å². The Bertz CT molecular complexity index is 550. The summed E-state index contributed by atoms with van der Waals surface area (Å²) in [7, 11) is 0. The lowest BCUT2D eigenvalue weighted by Gasteiger charge is -2.20. The summed E-state index contributed by atoms with van der Waals surface area (Å²) in [5.74, 6) is -0.258. The maximum absolute atomic E-state index is 12.1. The topological polar surface area (TPSA) is 49.4 Å². The highest BCUT2D eigenvalue weighted by Crippen LogP contribution is 2.12. The molecule has 0 spiro atoms. The first kappa shape index (κ1) is 14.7. The van der Waals surface area contributed by atoms with Crippen LogP contribution in [0.1, 0.15) is 21.5 Å². The summed E-state index contributed by atoms with van der Waals surface area (Å²) in [6.07, 6.45) is 0. The Morgan fingerprint density at radius 1 is 1.20 bits per heavy atom. The van der Waals surface area contributed by atoms with Crippen LogP contribution in [0.15, 0.2) is 35.0 Å². The third-order valence-corrected chi connectivity index (χ3v) is 4.54. The number of hydrogen-bond acceptors (Lipinski definition) is 4. The number of nitrogens with one attached hydrogen (secondary N) is 1. The molecule has 2 aromatic heterocycles. The van der Waals surface area contributed by atoms with Crippen molar-refractivity contribution in [3.63, 3.8) is 0 Å². The minimum atomic E-state index is -0.194. The van der Waals surface area contributed by atoms with Gasteiger partial charge in [-0.15, -0.1) is 22.7 Å². The summed E-state index contributed by atoms with van der Waals surface area (Å²) < 4.78 is 0. The van der Waals surface area contributed by atoms with Crippen LogP contribution in [0.25, 0.3) is 0 Å². The molecular weight excluding hydrogens is 292 g/mol. The molecule has 6 heteroatoms. The van der Waals surface area contributed by atoms with Gasteiger partial charge in [0.2, 0.25) is 5.91 Å².